The Hall–Kier alpha value is -4.94. The molecule has 2 atom stereocenters. The van der Waals surface area contributed by atoms with Crippen LogP contribution in [0.3, 0.4) is 0 Å². The van der Waals surface area contributed by atoms with Crippen molar-refractivity contribution in [3.8, 4) is 66.1 Å². The second kappa shape index (κ2) is 12.1. The smallest absolute Gasteiger partial charge is 0.373 e. The van der Waals surface area contributed by atoms with E-state index in [0.29, 0.717) is 20.9 Å². The third kappa shape index (κ3) is 5.34. The zero-order valence-electron chi connectivity index (χ0n) is 26.8. The Morgan fingerprint density at radius 3 is 0.961 bits per heavy atom. The first-order chi connectivity index (χ1) is 24.0. The molecule has 51 heavy (non-hydrogen) atoms. The Morgan fingerprint density at radius 2 is 0.686 bits per heavy atom. The fourth-order valence-corrected chi connectivity index (χ4v) is 9.51. The Kier molecular flexibility index (Phi) is 8.18. The van der Waals surface area contributed by atoms with Crippen molar-refractivity contribution < 1.29 is 46.8 Å². The van der Waals surface area contributed by atoms with Crippen molar-refractivity contribution in [2.45, 2.75) is 43.5 Å². The van der Waals surface area contributed by atoms with E-state index in [2.05, 4.69) is 0 Å². The number of aryl methyl sites for hydroxylation is 2. The van der Waals surface area contributed by atoms with Gasteiger partial charge in [-0.1, -0.05) is 24.3 Å². The van der Waals surface area contributed by atoms with Gasteiger partial charge in [0.05, 0.1) is 11.8 Å². The van der Waals surface area contributed by atoms with E-state index in [9.17, 15) is 20.4 Å². The highest BCUT2D eigenvalue weighted by atomic mass is 32.1. The highest BCUT2D eigenvalue weighted by molar-refractivity contribution is 7.16. The first-order valence-electron chi connectivity index (χ1n) is 15.6. The van der Waals surface area contributed by atoms with E-state index < -0.39 is 29.6 Å². The van der Waals surface area contributed by atoms with Gasteiger partial charge in [0, 0.05) is 30.6 Å². The van der Waals surface area contributed by atoms with Crippen molar-refractivity contribution in [2.24, 2.45) is 0 Å². The van der Waals surface area contributed by atoms with Gasteiger partial charge in [-0.05, 0) is 120 Å². The van der Waals surface area contributed by atoms with Crippen LogP contribution >= 0.6 is 22.7 Å². The van der Waals surface area contributed by atoms with Crippen LogP contribution in [0.5, 0.6) is 23.0 Å². The van der Waals surface area contributed by atoms with E-state index >= 15 is 26.3 Å². The zero-order chi connectivity index (χ0) is 36.6. The van der Waals surface area contributed by atoms with Gasteiger partial charge in [0.1, 0.15) is 23.0 Å². The summed E-state index contributed by atoms with van der Waals surface area (Å²) in [5, 5.41) is 40.0. The number of phenols is 4. The maximum Gasteiger partial charge on any atom is 0.373 e. The van der Waals surface area contributed by atoms with Gasteiger partial charge < -0.3 is 20.4 Å². The molecule has 0 aliphatic heterocycles. The summed E-state index contributed by atoms with van der Waals surface area (Å²) in [6.07, 6.45) is 0. The van der Waals surface area contributed by atoms with Gasteiger partial charge in [-0.2, -0.15) is 26.3 Å². The quantitative estimate of drug-likeness (QED) is 0.128. The minimum absolute atomic E-state index is 0.0317. The maximum atomic E-state index is 16.6. The summed E-state index contributed by atoms with van der Waals surface area (Å²) in [6, 6.07) is 22.3. The van der Waals surface area contributed by atoms with Gasteiger partial charge in [0.25, 0.3) is 0 Å². The lowest BCUT2D eigenvalue weighted by Gasteiger charge is -2.28. The molecule has 1 fully saturated rings. The van der Waals surface area contributed by atoms with Crippen molar-refractivity contribution >= 4 is 22.7 Å². The van der Waals surface area contributed by atoms with Gasteiger partial charge in [-0.3, -0.25) is 0 Å². The number of aromatic hydroxyl groups is 4. The molecule has 12 heteroatoms. The van der Waals surface area contributed by atoms with Crippen LogP contribution in [-0.2, 0) is 0 Å². The Labute approximate surface area is 296 Å². The molecule has 0 bridgehead atoms. The minimum Gasteiger partial charge on any atom is -0.508 e. The summed E-state index contributed by atoms with van der Waals surface area (Å²) in [5.41, 5.74) is 0.620. The average Bonchev–Trinajstić information content (AvgIpc) is 3.63. The minimum atomic E-state index is -5.78. The van der Waals surface area contributed by atoms with E-state index in [-0.39, 0.29) is 66.1 Å². The standard InChI is InChI=1S/C39H28F6O4S2/c1-19-29(31(21-3-11-25(46)12-4-21)35(50-19)23-7-15-27(48)16-8-23)33-34(38(42,43)39(44,45)37(33,40)41)30-20(2)51-36(24-9-17-28(49)18-10-24)32(30)22-5-13-26(47)14-6-22/h3-18,33-34,46-49H,1-2H3. The van der Waals surface area contributed by atoms with E-state index in [1.165, 1.54) is 111 Å². The largest absolute Gasteiger partial charge is 0.508 e. The topological polar surface area (TPSA) is 80.9 Å². The lowest BCUT2D eigenvalue weighted by molar-refractivity contribution is -0.274. The van der Waals surface area contributed by atoms with Crippen LogP contribution in [0.2, 0.25) is 0 Å². The molecule has 262 valence electrons. The first-order valence-corrected chi connectivity index (χ1v) is 17.3. The highest BCUT2D eigenvalue weighted by Gasteiger charge is 2.85. The number of alkyl halides is 6. The molecule has 0 radical (unpaired) electrons. The predicted molar refractivity (Wildman–Crippen MR) is 187 cm³/mol. The molecule has 7 rings (SSSR count). The molecule has 2 heterocycles. The zero-order valence-corrected chi connectivity index (χ0v) is 28.4. The lowest BCUT2D eigenvalue weighted by Crippen LogP contribution is -2.48. The van der Waals surface area contributed by atoms with Crippen molar-refractivity contribution in [1.82, 2.24) is 0 Å². The Balaban J connectivity index is 1.58. The van der Waals surface area contributed by atoms with Crippen molar-refractivity contribution in [3.63, 3.8) is 0 Å². The number of hydrogen-bond donors (Lipinski definition) is 4. The number of benzene rings is 4. The molecular formula is C39H28F6O4S2. The Morgan fingerprint density at radius 1 is 0.431 bits per heavy atom. The molecule has 6 aromatic rings. The summed E-state index contributed by atoms with van der Waals surface area (Å²) in [5.74, 6) is -22.3. The molecule has 1 aliphatic carbocycles. The van der Waals surface area contributed by atoms with E-state index in [1.807, 2.05) is 0 Å². The SMILES string of the molecule is Cc1sc(-c2ccc(O)cc2)c(-c2ccc(O)cc2)c1C1C(c2c(C)sc(-c3ccc(O)cc3)c2-c2ccc(O)cc2)C(F)(F)C(F)(F)C1(F)F. The van der Waals surface area contributed by atoms with Crippen LogP contribution in [0.1, 0.15) is 32.7 Å². The summed E-state index contributed by atoms with van der Waals surface area (Å²) in [4.78, 5) is 0.878. The van der Waals surface area contributed by atoms with Crippen LogP contribution in [0.4, 0.5) is 26.3 Å². The van der Waals surface area contributed by atoms with Gasteiger partial charge in [0.2, 0.25) is 0 Å². The van der Waals surface area contributed by atoms with Crippen molar-refractivity contribution in [3.05, 3.63) is 118 Å². The summed E-state index contributed by atoms with van der Waals surface area (Å²) in [7, 11) is 0. The normalized spacial score (nSPS) is 19.0. The molecule has 1 saturated carbocycles. The third-order valence-electron chi connectivity index (χ3n) is 9.41. The molecule has 0 saturated heterocycles. The molecule has 4 N–H and O–H groups in total. The average molecular weight is 739 g/mol. The molecule has 4 aromatic carbocycles. The molecule has 4 nitrogen and oxygen atoms in total. The second-order valence-electron chi connectivity index (χ2n) is 12.5. The van der Waals surface area contributed by atoms with Gasteiger partial charge >= 0.3 is 17.8 Å². The maximum absolute atomic E-state index is 16.6. The van der Waals surface area contributed by atoms with E-state index in [1.54, 1.807) is 0 Å². The van der Waals surface area contributed by atoms with Crippen molar-refractivity contribution in [2.75, 3.05) is 0 Å². The first kappa shape index (κ1) is 34.5. The van der Waals surface area contributed by atoms with Crippen LogP contribution in [0, 0.1) is 13.8 Å². The molecule has 2 unspecified atom stereocenters. The number of hydrogen-bond acceptors (Lipinski definition) is 6. The van der Waals surface area contributed by atoms with E-state index in [4.69, 9.17) is 0 Å². The van der Waals surface area contributed by atoms with E-state index in [0.717, 1.165) is 22.7 Å². The monoisotopic (exact) mass is 738 g/mol. The second-order valence-corrected chi connectivity index (χ2v) is 15.0. The van der Waals surface area contributed by atoms with Gasteiger partial charge in [-0.25, -0.2) is 0 Å². The lowest BCUT2D eigenvalue weighted by atomic mass is 9.76. The van der Waals surface area contributed by atoms with Crippen LogP contribution in [0.15, 0.2) is 97.1 Å². The van der Waals surface area contributed by atoms with Gasteiger partial charge in [-0.15, -0.1) is 22.7 Å². The number of rotatable bonds is 6. The van der Waals surface area contributed by atoms with Crippen LogP contribution in [0.25, 0.3) is 43.1 Å². The summed E-state index contributed by atoms with van der Waals surface area (Å²) in [6.45, 7) is 2.86. The number of halogens is 6. The third-order valence-corrected chi connectivity index (χ3v) is 11.7. The molecule has 2 aromatic heterocycles. The fourth-order valence-electron chi connectivity index (χ4n) is 7.05. The Bertz CT molecular complexity index is 2080. The molecule has 0 amide bonds. The molecule has 1 aliphatic rings. The van der Waals surface area contributed by atoms with Crippen LogP contribution < -0.4 is 0 Å². The predicted octanol–water partition coefficient (Wildman–Crippen LogP) is 11.7. The van der Waals surface area contributed by atoms with Crippen molar-refractivity contribution in [1.29, 1.82) is 0 Å². The number of phenolic OH excluding ortho intramolecular Hbond substituents is 4. The number of thiophene rings is 2. The fraction of sp³-hybridized carbons (Fsp3) is 0.179. The van der Waals surface area contributed by atoms with Gasteiger partial charge in [0.15, 0.2) is 0 Å². The van der Waals surface area contributed by atoms with Crippen LogP contribution in [-0.4, -0.2) is 38.2 Å². The molecule has 0 spiro atoms. The summed E-state index contributed by atoms with van der Waals surface area (Å²) >= 11 is 1.96. The summed E-state index contributed by atoms with van der Waals surface area (Å²) < 4.78 is 98.5. The molecular weight excluding hydrogens is 711 g/mol. The highest BCUT2D eigenvalue weighted by Crippen LogP contribution is 2.72.